The van der Waals surface area contributed by atoms with Crippen molar-refractivity contribution in [2.45, 2.75) is 52.5 Å². The number of nitrogens with one attached hydrogen (secondary N) is 1. The lowest BCUT2D eigenvalue weighted by Gasteiger charge is -2.14. The molecule has 2 heteroatoms. The van der Waals surface area contributed by atoms with Gasteiger partial charge in [-0.05, 0) is 12.8 Å². The molecule has 0 aliphatic carbocycles. The molecule has 0 aromatic carbocycles. The van der Waals surface area contributed by atoms with Gasteiger partial charge in [-0.1, -0.05) is 26.7 Å². The molecule has 11 heavy (non-hydrogen) atoms. The Bertz CT molecular complexity index is 112. The van der Waals surface area contributed by atoms with Crippen molar-refractivity contribution >= 4 is 5.91 Å². The van der Waals surface area contributed by atoms with E-state index in [1.54, 1.807) is 6.92 Å². The van der Waals surface area contributed by atoms with E-state index in [9.17, 15) is 4.79 Å². The summed E-state index contributed by atoms with van der Waals surface area (Å²) in [7, 11) is 0. The molecular formula is C9H19NO. The lowest BCUT2D eigenvalue weighted by molar-refractivity contribution is -0.119. The van der Waals surface area contributed by atoms with E-state index in [1.807, 2.05) is 0 Å². The summed E-state index contributed by atoms with van der Waals surface area (Å²) in [5, 5.41) is 2.93. The van der Waals surface area contributed by atoms with Crippen LogP contribution in [0.25, 0.3) is 0 Å². The molecule has 0 unspecified atom stereocenters. The Morgan fingerprint density at radius 3 is 2.45 bits per heavy atom. The molecule has 1 amide bonds. The predicted molar refractivity (Wildman–Crippen MR) is 47.4 cm³/mol. The number of carbonyl (C=O) groups is 1. The van der Waals surface area contributed by atoms with Crippen molar-refractivity contribution in [1.82, 2.24) is 5.32 Å². The summed E-state index contributed by atoms with van der Waals surface area (Å²) in [5.41, 5.74) is 0. The van der Waals surface area contributed by atoms with Crippen LogP contribution in [0.4, 0.5) is 0 Å². The standard InChI is InChI=1S/C9H19NO/c1-4-6-7-9(5-2)10-8(3)11/h9H,4-7H2,1-3H3,(H,10,11)/t9-/m0/s1. The molecule has 66 valence electrons. The minimum atomic E-state index is 0.0907. The Labute approximate surface area is 69.4 Å². The number of amides is 1. The van der Waals surface area contributed by atoms with Crippen LogP contribution in [0.3, 0.4) is 0 Å². The molecule has 0 aliphatic rings. The summed E-state index contributed by atoms with van der Waals surface area (Å²) in [6.07, 6.45) is 4.57. The summed E-state index contributed by atoms with van der Waals surface area (Å²) in [5.74, 6) is 0.0907. The second-order valence-electron chi connectivity index (χ2n) is 2.95. The van der Waals surface area contributed by atoms with E-state index in [2.05, 4.69) is 19.2 Å². The number of hydrogen-bond acceptors (Lipinski definition) is 1. The topological polar surface area (TPSA) is 29.1 Å². The quantitative estimate of drug-likeness (QED) is 0.650. The summed E-state index contributed by atoms with van der Waals surface area (Å²) >= 11 is 0. The van der Waals surface area contributed by atoms with Crippen molar-refractivity contribution in [2.75, 3.05) is 0 Å². The van der Waals surface area contributed by atoms with Gasteiger partial charge in [0.15, 0.2) is 0 Å². The van der Waals surface area contributed by atoms with Crippen LogP contribution in [0, 0.1) is 0 Å². The van der Waals surface area contributed by atoms with E-state index in [1.165, 1.54) is 12.8 Å². The van der Waals surface area contributed by atoms with Crippen LogP contribution in [-0.2, 0) is 4.79 Å². The highest BCUT2D eigenvalue weighted by molar-refractivity contribution is 5.73. The Morgan fingerprint density at radius 1 is 1.45 bits per heavy atom. The van der Waals surface area contributed by atoms with Crippen molar-refractivity contribution in [3.05, 3.63) is 0 Å². The summed E-state index contributed by atoms with van der Waals surface area (Å²) in [4.78, 5) is 10.7. The van der Waals surface area contributed by atoms with Gasteiger partial charge in [0.05, 0.1) is 0 Å². The SMILES string of the molecule is CCCC[C@H](CC)NC(C)=O. The molecule has 0 rings (SSSR count). The Balaban J connectivity index is 3.49. The first-order valence-corrected chi connectivity index (χ1v) is 4.47. The van der Waals surface area contributed by atoms with Crippen LogP contribution < -0.4 is 5.32 Å². The van der Waals surface area contributed by atoms with E-state index >= 15 is 0 Å². The fraction of sp³-hybridized carbons (Fsp3) is 0.889. The molecule has 0 aromatic rings. The highest BCUT2D eigenvalue weighted by Gasteiger charge is 2.05. The highest BCUT2D eigenvalue weighted by Crippen LogP contribution is 2.03. The first-order valence-electron chi connectivity index (χ1n) is 4.47. The zero-order valence-corrected chi connectivity index (χ0v) is 7.81. The molecule has 0 saturated heterocycles. The monoisotopic (exact) mass is 157 g/mol. The molecule has 1 atom stereocenters. The molecule has 2 nitrogen and oxygen atoms in total. The van der Waals surface area contributed by atoms with E-state index in [0.29, 0.717) is 6.04 Å². The summed E-state index contributed by atoms with van der Waals surface area (Å²) < 4.78 is 0. The third-order valence-corrected chi connectivity index (χ3v) is 1.81. The zero-order valence-electron chi connectivity index (χ0n) is 7.81. The average molecular weight is 157 g/mol. The van der Waals surface area contributed by atoms with Crippen LogP contribution in [0.5, 0.6) is 0 Å². The number of unbranched alkanes of at least 4 members (excludes halogenated alkanes) is 1. The molecule has 0 aliphatic heterocycles. The lowest BCUT2D eigenvalue weighted by Crippen LogP contribution is -2.32. The first-order chi connectivity index (χ1) is 5.20. The van der Waals surface area contributed by atoms with Gasteiger partial charge >= 0.3 is 0 Å². The molecule has 0 saturated carbocycles. The van der Waals surface area contributed by atoms with Crippen LogP contribution in [-0.4, -0.2) is 11.9 Å². The van der Waals surface area contributed by atoms with Gasteiger partial charge in [-0.15, -0.1) is 0 Å². The molecule has 0 fully saturated rings. The van der Waals surface area contributed by atoms with Gasteiger partial charge in [0, 0.05) is 13.0 Å². The molecule has 1 N–H and O–H groups in total. The maximum absolute atomic E-state index is 10.7. The second kappa shape index (κ2) is 6.20. The largest absolute Gasteiger partial charge is 0.354 e. The Kier molecular flexibility index (Phi) is 5.90. The van der Waals surface area contributed by atoms with Gasteiger partial charge in [-0.25, -0.2) is 0 Å². The minimum Gasteiger partial charge on any atom is -0.354 e. The van der Waals surface area contributed by atoms with Gasteiger partial charge in [-0.3, -0.25) is 4.79 Å². The van der Waals surface area contributed by atoms with Crippen LogP contribution in [0.1, 0.15) is 46.5 Å². The Morgan fingerprint density at radius 2 is 2.09 bits per heavy atom. The molecule has 0 spiro atoms. The lowest BCUT2D eigenvalue weighted by atomic mass is 10.1. The van der Waals surface area contributed by atoms with E-state index in [0.717, 1.165) is 12.8 Å². The molecular weight excluding hydrogens is 138 g/mol. The predicted octanol–water partition coefficient (Wildman–Crippen LogP) is 2.09. The van der Waals surface area contributed by atoms with Gasteiger partial charge in [0.25, 0.3) is 0 Å². The summed E-state index contributed by atoms with van der Waals surface area (Å²) in [6, 6.07) is 0.396. The van der Waals surface area contributed by atoms with Crippen molar-refractivity contribution in [1.29, 1.82) is 0 Å². The minimum absolute atomic E-state index is 0.0907. The van der Waals surface area contributed by atoms with Crippen LogP contribution >= 0.6 is 0 Å². The van der Waals surface area contributed by atoms with Crippen molar-refractivity contribution in [3.8, 4) is 0 Å². The number of rotatable bonds is 5. The fourth-order valence-corrected chi connectivity index (χ4v) is 1.12. The normalized spacial score (nSPS) is 12.6. The summed E-state index contributed by atoms with van der Waals surface area (Å²) in [6.45, 7) is 5.85. The van der Waals surface area contributed by atoms with Crippen LogP contribution in [0.15, 0.2) is 0 Å². The zero-order chi connectivity index (χ0) is 8.69. The number of carbonyl (C=O) groups excluding carboxylic acids is 1. The fourth-order valence-electron chi connectivity index (χ4n) is 1.12. The smallest absolute Gasteiger partial charge is 0.217 e. The van der Waals surface area contributed by atoms with E-state index < -0.39 is 0 Å². The van der Waals surface area contributed by atoms with Gasteiger partial charge < -0.3 is 5.32 Å². The maximum atomic E-state index is 10.7. The molecule has 0 radical (unpaired) electrons. The molecule has 0 bridgehead atoms. The van der Waals surface area contributed by atoms with Gasteiger partial charge in [0.1, 0.15) is 0 Å². The van der Waals surface area contributed by atoms with E-state index in [4.69, 9.17) is 0 Å². The Hall–Kier alpha value is -0.530. The average Bonchev–Trinajstić information content (AvgIpc) is 1.97. The van der Waals surface area contributed by atoms with Crippen molar-refractivity contribution in [2.24, 2.45) is 0 Å². The van der Waals surface area contributed by atoms with Crippen LogP contribution in [0.2, 0.25) is 0 Å². The number of hydrogen-bond donors (Lipinski definition) is 1. The third kappa shape index (κ3) is 5.89. The molecule has 0 heterocycles. The van der Waals surface area contributed by atoms with Gasteiger partial charge in [0.2, 0.25) is 5.91 Å². The van der Waals surface area contributed by atoms with Crippen molar-refractivity contribution < 1.29 is 4.79 Å². The first kappa shape index (κ1) is 10.5. The maximum Gasteiger partial charge on any atom is 0.217 e. The molecule has 0 aromatic heterocycles. The second-order valence-corrected chi connectivity index (χ2v) is 2.95. The highest BCUT2D eigenvalue weighted by atomic mass is 16.1. The van der Waals surface area contributed by atoms with Gasteiger partial charge in [-0.2, -0.15) is 0 Å². The van der Waals surface area contributed by atoms with E-state index in [-0.39, 0.29) is 5.91 Å². The van der Waals surface area contributed by atoms with Crippen molar-refractivity contribution in [3.63, 3.8) is 0 Å². The third-order valence-electron chi connectivity index (χ3n) is 1.81.